The second kappa shape index (κ2) is 4.09. The van der Waals surface area contributed by atoms with E-state index >= 15 is 0 Å². The molecule has 2 rings (SSSR count). The topological polar surface area (TPSA) is 35.9 Å². The summed E-state index contributed by atoms with van der Waals surface area (Å²) in [6, 6.07) is 10.6. The molecule has 1 aromatic rings. The van der Waals surface area contributed by atoms with Crippen molar-refractivity contribution in [3.63, 3.8) is 0 Å². The van der Waals surface area contributed by atoms with Crippen LogP contribution in [0.4, 0.5) is 5.69 Å². The van der Waals surface area contributed by atoms with Crippen LogP contribution in [-0.4, -0.2) is 11.8 Å². The summed E-state index contributed by atoms with van der Waals surface area (Å²) < 4.78 is 0. The molecule has 2 nitrogen and oxygen atoms in total. The SMILES string of the molecule is N=C1C=CC(Nc2ccccc2)CC1. The van der Waals surface area contributed by atoms with Crippen molar-refractivity contribution in [1.82, 2.24) is 0 Å². The molecule has 0 aromatic heterocycles. The Balaban J connectivity index is 1.99. The highest BCUT2D eigenvalue weighted by atomic mass is 14.9. The molecule has 0 amide bonds. The van der Waals surface area contributed by atoms with Crippen molar-refractivity contribution < 1.29 is 0 Å². The summed E-state index contributed by atoms with van der Waals surface area (Å²) in [5.74, 6) is 0. The molecule has 0 saturated carbocycles. The largest absolute Gasteiger partial charge is 0.379 e. The quantitative estimate of drug-likeness (QED) is 0.732. The van der Waals surface area contributed by atoms with E-state index in [1.54, 1.807) is 0 Å². The van der Waals surface area contributed by atoms with E-state index in [2.05, 4.69) is 23.5 Å². The van der Waals surface area contributed by atoms with Crippen LogP contribution in [0.3, 0.4) is 0 Å². The van der Waals surface area contributed by atoms with Crippen LogP contribution in [0.2, 0.25) is 0 Å². The van der Waals surface area contributed by atoms with Crippen molar-refractivity contribution in [2.45, 2.75) is 18.9 Å². The maximum absolute atomic E-state index is 7.44. The third-order valence-electron chi connectivity index (χ3n) is 2.38. The fraction of sp³-hybridized carbons (Fsp3) is 0.250. The number of nitrogens with one attached hydrogen (secondary N) is 2. The molecule has 0 bridgehead atoms. The van der Waals surface area contributed by atoms with Crippen molar-refractivity contribution in [3.8, 4) is 0 Å². The summed E-state index contributed by atoms with van der Waals surface area (Å²) in [4.78, 5) is 0. The highest BCUT2D eigenvalue weighted by Gasteiger charge is 2.09. The van der Waals surface area contributed by atoms with Gasteiger partial charge in [-0.25, -0.2) is 0 Å². The van der Waals surface area contributed by atoms with Crippen molar-refractivity contribution >= 4 is 11.4 Å². The highest BCUT2D eigenvalue weighted by molar-refractivity contribution is 5.93. The fourth-order valence-electron chi connectivity index (χ4n) is 1.59. The van der Waals surface area contributed by atoms with Crippen molar-refractivity contribution in [2.24, 2.45) is 0 Å². The van der Waals surface area contributed by atoms with Gasteiger partial charge in [-0.2, -0.15) is 0 Å². The summed E-state index contributed by atoms with van der Waals surface area (Å²) >= 11 is 0. The first-order valence-electron chi connectivity index (χ1n) is 4.92. The highest BCUT2D eigenvalue weighted by Crippen LogP contribution is 2.14. The molecule has 1 aliphatic rings. The molecule has 1 atom stereocenters. The van der Waals surface area contributed by atoms with Gasteiger partial charge in [-0.05, 0) is 31.1 Å². The maximum atomic E-state index is 7.44. The Hall–Kier alpha value is -1.57. The number of hydrogen-bond donors (Lipinski definition) is 2. The van der Waals surface area contributed by atoms with Gasteiger partial charge in [0.1, 0.15) is 0 Å². The fourth-order valence-corrected chi connectivity index (χ4v) is 1.59. The van der Waals surface area contributed by atoms with E-state index in [0.717, 1.165) is 24.2 Å². The number of hydrogen-bond acceptors (Lipinski definition) is 2. The molecule has 0 saturated heterocycles. The van der Waals surface area contributed by atoms with Gasteiger partial charge < -0.3 is 10.7 Å². The molecule has 1 unspecified atom stereocenters. The first-order chi connectivity index (χ1) is 6.84. The number of anilines is 1. The number of allylic oxidation sites excluding steroid dienone is 1. The Kier molecular flexibility index (Phi) is 2.63. The Bertz CT molecular complexity index is 341. The molecular formula is C12H14N2. The Morgan fingerprint density at radius 3 is 2.64 bits per heavy atom. The molecule has 72 valence electrons. The van der Waals surface area contributed by atoms with Gasteiger partial charge in [-0.15, -0.1) is 0 Å². The van der Waals surface area contributed by atoms with E-state index in [9.17, 15) is 0 Å². The second-order valence-corrected chi connectivity index (χ2v) is 3.54. The van der Waals surface area contributed by atoms with E-state index in [0.29, 0.717) is 6.04 Å². The average molecular weight is 186 g/mol. The van der Waals surface area contributed by atoms with Gasteiger partial charge in [0, 0.05) is 17.4 Å². The van der Waals surface area contributed by atoms with Crippen LogP contribution in [0.15, 0.2) is 42.5 Å². The molecule has 0 radical (unpaired) electrons. The van der Waals surface area contributed by atoms with Crippen LogP contribution in [0.5, 0.6) is 0 Å². The molecule has 2 heteroatoms. The summed E-state index contributed by atoms with van der Waals surface area (Å²) in [5, 5.41) is 10.9. The number of benzene rings is 1. The molecule has 0 aliphatic heterocycles. The Labute approximate surface area is 84.2 Å². The molecule has 0 fully saturated rings. The van der Waals surface area contributed by atoms with Gasteiger partial charge in [0.05, 0.1) is 0 Å². The zero-order valence-electron chi connectivity index (χ0n) is 8.03. The Morgan fingerprint density at radius 2 is 2.00 bits per heavy atom. The third kappa shape index (κ3) is 2.22. The lowest BCUT2D eigenvalue weighted by Gasteiger charge is -2.19. The van der Waals surface area contributed by atoms with E-state index in [1.807, 2.05) is 24.3 Å². The van der Waals surface area contributed by atoms with Crippen LogP contribution >= 0.6 is 0 Å². The number of rotatable bonds is 2. The van der Waals surface area contributed by atoms with Gasteiger partial charge in [0.15, 0.2) is 0 Å². The van der Waals surface area contributed by atoms with E-state index < -0.39 is 0 Å². The predicted molar refractivity (Wildman–Crippen MR) is 60.0 cm³/mol. The minimum atomic E-state index is 0.381. The normalized spacial score (nSPS) is 20.9. The third-order valence-corrected chi connectivity index (χ3v) is 2.38. The maximum Gasteiger partial charge on any atom is 0.0451 e. The average Bonchev–Trinajstić information content (AvgIpc) is 2.23. The van der Waals surface area contributed by atoms with E-state index in [4.69, 9.17) is 5.41 Å². The van der Waals surface area contributed by atoms with E-state index in [1.165, 1.54) is 0 Å². The van der Waals surface area contributed by atoms with Crippen LogP contribution in [0.25, 0.3) is 0 Å². The lowest BCUT2D eigenvalue weighted by Crippen LogP contribution is -2.21. The van der Waals surface area contributed by atoms with Crippen LogP contribution in [0.1, 0.15) is 12.8 Å². The van der Waals surface area contributed by atoms with Crippen molar-refractivity contribution in [2.75, 3.05) is 5.32 Å². The second-order valence-electron chi connectivity index (χ2n) is 3.54. The molecule has 1 aliphatic carbocycles. The molecule has 1 aromatic carbocycles. The van der Waals surface area contributed by atoms with Gasteiger partial charge in [0.2, 0.25) is 0 Å². The van der Waals surface area contributed by atoms with Gasteiger partial charge in [0.25, 0.3) is 0 Å². The minimum Gasteiger partial charge on any atom is -0.379 e. The van der Waals surface area contributed by atoms with Gasteiger partial charge >= 0.3 is 0 Å². The number of para-hydroxylation sites is 1. The summed E-state index contributed by atoms with van der Waals surface area (Å²) in [7, 11) is 0. The summed E-state index contributed by atoms with van der Waals surface area (Å²) in [5.41, 5.74) is 1.88. The van der Waals surface area contributed by atoms with Gasteiger partial charge in [-0.3, -0.25) is 0 Å². The molecule has 0 heterocycles. The lowest BCUT2D eigenvalue weighted by molar-refractivity contribution is 0.778. The first kappa shape index (κ1) is 9.00. The van der Waals surface area contributed by atoms with Crippen molar-refractivity contribution in [1.29, 1.82) is 5.41 Å². The zero-order valence-corrected chi connectivity index (χ0v) is 8.03. The summed E-state index contributed by atoms with van der Waals surface area (Å²) in [6.07, 6.45) is 5.86. The first-order valence-corrected chi connectivity index (χ1v) is 4.92. The van der Waals surface area contributed by atoms with Crippen LogP contribution < -0.4 is 5.32 Å². The van der Waals surface area contributed by atoms with Crippen molar-refractivity contribution in [3.05, 3.63) is 42.5 Å². The Morgan fingerprint density at radius 1 is 1.21 bits per heavy atom. The minimum absolute atomic E-state index is 0.381. The molecular weight excluding hydrogens is 172 g/mol. The van der Waals surface area contributed by atoms with E-state index in [-0.39, 0.29) is 0 Å². The smallest absolute Gasteiger partial charge is 0.0451 e. The zero-order chi connectivity index (χ0) is 9.80. The molecule has 0 spiro atoms. The van der Waals surface area contributed by atoms with Crippen LogP contribution in [0, 0.1) is 5.41 Å². The standard InChI is InChI=1S/C12H14N2/c13-10-6-8-12(9-7-10)14-11-4-2-1-3-5-11/h1-6,8,12-14H,7,9H2. The van der Waals surface area contributed by atoms with Gasteiger partial charge in [-0.1, -0.05) is 24.3 Å². The molecule has 14 heavy (non-hydrogen) atoms. The lowest BCUT2D eigenvalue weighted by atomic mass is 10.0. The molecule has 2 N–H and O–H groups in total. The van der Waals surface area contributed by atoms with Crippen LogP contribution in [-0.2, 0) is 0 Å². The predicted octanol–water partition coefficient (Wildman–Crippen LogP) is 2.84. The monoisotopic (exact) mass is 186 g/mol. The summed E-state index contributed by atoms with van der Waals surface area (Å²) in [6.45, 7) is 0.